The Hall–Kier alpha value is -2.25. The minimum absolute atomic E-state index is 0.243. The summed E-state index contributed by atoms with van der Waals surface area (Å²) >= 11 is 0. The topological polar surface area (TPSA) is 307 Å². The lowest BCUT2D eigenvalue weighted by molar-refractivity contribution is -0.379. The number of amides is 1. The van der Waals surface area contributed by atoms with E-state index in [0.29, 0.717) is 6.42 Å². The van der Waals surface area contributed by atoms with Gasteiger partial charge in [0.1, 0.15) is 73.2 Å². The smallest absolute Gasteiger partial charge is 0.220 e. The molecule has 3 fully saturated rings. The minimum Gasteiger partial charge on any atom is -0.394 e. The monoisotopic (exact) mass is 1510 g/mol. The highest BCUT2D eigenvalue weighted by Gasteiger charge is 2.54. The quantitative estimate of drug-likeness (QED) is 0.0199. The number of hydrogen-bond acceptors (Lipinski definition) is 18. The van der Waals surface area contributed by atoms with E-state index in [-0.39, 0.29) is 18.9 Å². The number of rotatable bonds is 71. The molecule has 0 bridgehead atoms. The van der Waals surface area contributed by atoms with Crippen molar-refractivity contribution in [3.63, 3.8) is 0 Å². The molecule has 0 aromatic carbocycles. The van der Waals surface area contributed by atoms with E-state index in [1.165, 1.54) is 283 Å². The van der Waals surface area contributed by atoms with Crippen molar-refractivity contribution >= 4 is 5.91 Å². The standard InChI is InChI=1S/C87H161NO18/c1-3-5-7-9-11-13-15-17-19-21-23-25-27-29-31-33-34-35-37-38-40-42-44-46-48-50-52-54-56-58-60-62-64-71(92)70(88-75(93)65-63-61-59-57-55-53-51-49-47-45-43-41-39-36-32-30-28-26-24-22-20-18-16-14-12-10-8-6-4-2)69-101-85-81(99)78(96)83(73(67-90)103-85)106-87-82(100)79(97)84(74(68-91)104-87)105-86-80(98)77(95)76(94)72(66-89)102-86/h16,18,22,24,28,30,62,64,70-74,76-87,89-92,94-100H,3-15,17,19-21,23,25-27,29,31-61,63,65-69H2,1-2H3,(H,88,93)/b18-16-,24-22-,30-28-,64-62+. The molecule has 12 N–H and O–H groups in total. The lowest BCUT2D eigenvalue weighted by atomic mass is 9.96. The fourth-order valence-corrected chi connectivity index (χ4v) is 14.9. The van der Waals surface area contributed by atoms with E-state index in [9.17, 15) is 61.0 Å². The van der Waals surface area contributed by atoms with Crippen molar-refractivity contribution in [3.05, 3.63) is 48.6 Å². The van der Waals surface area contributed by atoms with Crippen LogP contribution < -0.4 is 5.32 Å². The second-order valence-corrected chi connectivity index (χ2v) is 31.4. The van der Waals surface area contributed by atoms with Crippen LogP contribution in [0.5, 0.6) is 0 Å². The third kappa shape index (κ3) is 46.1. The van der Waals surface area contributed by atoms with Crippen LogP contribution in [0, 0.1) is 0 Å². The number of ether oxygens (including phenoxy) is 6. The van der Waals surface area contributed by atoms with Crippen molar-refractivity contribution in [1.29, 1.82) is 0 Å². The lowest BCUT2D eigenvalue weighted by Gasteiger charge is -2.48. The van der Waals surface area contributed by atoms with Crippen LogP contribution in [0.3, 0.4) is 0 Å². The Morgan fingerprint density at radius 1 is 0.340 bits per heavy atom. The van der Waals surface area contributed by atoms with Crippen molar-refractivity contribution in [2.75, 3.05) is 26.4 Å². The van der Waals surface area contributed by atoms with Crippen LogP contribution >= 0.6 is 0 Å². The Balaban J connectivity index is 1.35. The maximum atomic E-state index is 13.5. The van der Waals surface area contributed by atoms with Gasteiger partial charge in [0.05, 0.1) is 38.6 Å². The van der Waals surface area contributed by atoms with Crippen LogP contribution in [0.25, 0.3) is 0 Å². The summed E-state index contributed by atoms with van der Waals surface area (Å²) in [4.78, 5) is 13.5. The Morgan fingerprint density at radius 3 is 0.972 bits per heavy atom. The summed E-state index contributed by atoms with van der Waals surface area (Å²) in [6.07, 6.45) is 59.6. The first-order chi connectivity index (χ1) is 51.8. The maximum absolute atomic E-state index is 13.5. The molecule has 3 aliphatic rings. The highest BCUT2D eigenvalue weighted by Crippen LogP contribution is 2.33. The normalized spacial score (nSPS) is 25.8. The van der Waals surface area contributed by atoms with Crippen molar-refractivity contribution in [3.8, 4) is 0 Å². The molecule has 0 aromatic heterocycles. The molecule has 0 aromatic rings. The predicted molar refractivity (Wildman–Crippen MR) is 425 cm³/mol. The van der Waals surface area contributed by atoms with Crippen molar-refractivity contribution in [1.82, 2.24) is 5.32 Å². The summed E-state index contributed by atoms with van der Waals surface area (Å²) in [6.45, 7) is 1.78. The molecule has 17 atom stereocenters. The summed E-state index contributed by atoms with van der Waals surface area (Å²) < 4.78 is 34.5. The van der Waals surface area contributed by atoms with Crippen LogP contribution in [0.2, 0.25) is 0 Å². The van der Waals surface area contributed by atoms with Gasteiger partial charge in [-0.05, 0) is 57.8 Å². The fraction of sp³-hybridized carbons (Fsp3) is 0.897. The second kappa shape index (κ2) is 67.3. The Kier molecular flexibility index (Phi) is 62.2. The summed E-state index contributed by atoms with van der Waals surface area (Å²) in [5, 5.41) is 121. The first-order valence-electron chi connectivity index (χ1n) is 43.9. The molecule has 0 aliphatic carbocycles. The SMILES string of the molecule is CCCCCCC/C=C\C/C=C\C/C=C\CCCCCCCCCCCCCCCCC(=O)NC(COC1OC(CO)C(OC2OC(CO)C(OC3OC(CO)C(O)C(O)C3O)C(O)C2O)C(O)C1O)C(O)/C=C/CCCCCCCCCCCCCCCCCCCCCCCCCCCCCCCC. The van der Waals surface area contributed by atoms with E-state index in [1.54, 1.807) is 6.08 Å². The summed E-state index contributed by atoms with van der Waals surface area (Å²) in [5.41, 5.74) is 0. The molecule has 3 aliphatic heterocycles. The van der Waals surface area contributed by atoms with Crippen LogP contribution in [0.1, 0.15) is 367 Å². The van der Waals surface area contributed by atoms with Crippen molar-refractivity contribution < 1.29 is 89.4 Å². The average molecular weight is 1510 g/mol. The van der Waals surface area contributed by atoms with Crippen molar-refractivity contribution in [2.45, 2.75) is 471 Å². The zero-order valence-electron chi connectivity index (χ0n) is 66.9. The number of unbranched alkanes of at least 4 members (excludes halogenated alkanes) is 49. The van der Waals surface area contributed by atoms with Gasteiger partial charge in [-0.1, -0.05) is 351 Å². The Labute approximate surface area is 643 Å². The van der Waals surface area contributed by atoms with Crippen LogP contribution in [-0.2, 0) is 33.2 Å². The van der Waals surface area contributed by atoms with Gasteiger partial charge in [-0.2, -0.15) is 0 Å². The molecule has 3 rings (SSSR count). The highest BCUT2D eigenvalue weighted by atomic mass is 16.8. The van der Waals surface area contributed by atoms with Crippen LogP contribution in [-0.4, -0.2) is 193 Å². The van der Waals surface area contributed by atoms with E-state index in [0.717, 1.165) is 57.8 Å². The molecule has 0 saturated carbocycles. The van der Waals surface area contributed by atoms with Gasteiger partial charge >= 0.3 is 0 Å². The van der Waals surface area contributed by atoms with E-state index in [2.05, 4.69) is 55.6 Å². The number of carbonyl (C=O) groups excluding carboxylic acids is 1. The molecule has 0 radical (unpaired) electrons. The Morgan fingerprint density at radius 2 is 0.623 bits per heavy atom. The van der Waals surface area contributed by atoms with Crippen LogP contribution in [0.15, 0.2) is 48.6 Å². The average Bonchev–Trinajstić information content (AvgIpc) is 0.781. The molecule has 1 amide bonds. The van der Waals surface area contributed by atoms with Gasteiger partial charge in [0.15, 0.2) is 18.9 Å². The molecular formula is C87H161NO18. The Bertz CT molecular complexity index is 2100. The molecule has 622 valence electrons. The number of allylic oxidation sites excluding steroid dienone is 7. The molecule has 3 saturated heterocycles. The second-order valence-electron chi connectivity index (χ2n) is 31.4. The van der Waals surface area contributed by atoms with E-state index >= 15 is 0 Å². The largest absolute Gasteiger partial charge is 0.394 e. The lowest BCUT2D eigenvalue weighted by Crippen LogP contribution is -2.66. The molecule has 17 unspecified atom stereocenters. The minimum atomic E-state index is -1.98. The van der Waals surface area contributed by atoms with E-state index < -0.39 is 124 Å². The third-order valence-corrected chi connectivity index (χ3v) is 21.9. The summed E-state index contributed by atoms with van der Waals surface area (Å²) in [5.74, 6) is -0.271. The van der Waals surface area contributed by atoms with Crippen molar-refractivity contribution in [2.24, 2.45) is 0 Å². The van der Waals surface area contributed by atoms with Gasteiger partial charge < -0.3 is 89.9 Å². The van der Waals surface area contributed by atoms with Gasteiger partial charge in [-0.3, -0.25) is 4.79 Å². The number of aliphatic hydroxyl groups excluding tert-OH is 11. The summed E-state index contributed by atoms with van der Waals surface area (Å²) in [7, 11) is 0. The van der Waals surface area contributed by atoms with Gasteiger partial charge in [0, 0.05) is 6.42 Å². The molecule has 19 nitrogen and oxygen atoms in total. The first-order valence-corrected chi connectivity index (χ1v) is 43.9. The third-order valence-electron chi connectivity index (χ3n) is 21.9. The number of aliphatic hydroxyl groups is 11. The predicted octanol–water partition coefficient (Wildman–Crippen LogP) is 16.0. The van der Waals surface area contributed by atoms with E-state index in [4.69, 9.17) is 28.4 Å². The zero-order valence-corrected chi connectivity index (χ0v) is 66.9. The fourth-order valence-electron chi connectivity index (χ4n) is 14.9. The van der Waals surface area contributed by atoms with Gasteiger partial charge in [0.2, 0.25) is 5.91 Å². The highest BCUT2D eigenvalue weighted by molar-refractivity contribution is 5.76. The van der Waals surface area contributed by atoms with E-state index in [1.807, 2.05) is 6.08 Å². The maximum Gasteiger partial charge on any atom is 0.220 e. The number of hydrogen-bond donors (Lipinski definition) is 12. The molecular weight excluding hydrogens is 1350 g/mol. The molecule has 106 heavy (non-hydrogen) atoms. The van der Waals surface area contributed by atoms with Crippen LogP contribution in [0.4, 0.5) is 0 Å². The van der Waals surface area contributed by atoms with Gasteiger partial charge in [0.25, 0.3) is 0 Å². The number of carbonyl (C=O) groups is 1. The molecule has 19 heteroatoms. The molecule has 3 heterocycles. The zero-order chi connectivity index (χ0) is 76.7. The van der Waals surface area contributed by atoms with Gasteiger partial charge in [-0.25, -0.2) is 0 Å². The molecule has 0 spiro atoms. The summed E-state index contributed by atoms with van der Waals surface area (Å²) in [6, 6.07) is -0.977. The first kappa shape index (κ1) is 97.9. The number of nitrogens with one attached hydrogen (secondary N) is 1. The van der Waals surface area contributed by atoms with Gasteiger partial charge in [-0.15, -0.1) is 0 Å².